The van der Waals surface area contributed by atoms with Gasteiger partial charge in [0.2, 0.25) is 0 Å². The van der Waals surface area contributed by atoms with Crippen molar-refractivity contribution in [3.63, 3.8) is 0 Å². The monoisotopic (exact) mass is 327 g/mol. The van der Waals surface area contributed by atoms with E-state index in [9.17, 15) is 22.4 Å². The largest absolute Gasteiger partial charge is 0.477 e. The van der Waals surface area contributed by atoms with Crippen LogP contribution in [0.1, 0.15) is 21.6 Å². The summed E-state index contributed by atoms with van der Waals surface area (Å²) in [6.07, 6.45) is -4.89. The van der Waals surface area contributed by atoms with Crippen LogP contribution >= 0.6 is 0 Å². The maximum absolute atomic E-state index is 13.7. The van der Waals surface area contributed by atoms with Crippen LogP contribution in [0.15, 0.2) is 24.3 Å². The fourth-order valence-electron chi connectivity index (χ4n) is 1.50. The number of ether oxygens (including phenoxy) is 1. The van der Waals surface area contributed by atoms with Gasteiger partial charge in [-0.05, 0) is 24.3 Å². The van der Waals surface area contributed by atoms with Crippen molar-refractivity contribution in [3.05, 3.63) is 46.9 Å². The van der Waals surface area contributed by atoms with Gasteiger partial charge < -0.3 is 9.84 Å². The predicted octanol–water partition coefficient (Wildman–Crippen LogP) is 3.00. The minimum absolute atomic E-state index is 0.0215. The number of hydrogen-bond donors (Lipinski definition) is 1. The molecule has 0 spiro atoms. The molecule has 0 fully saturated rings. The number of carboxylic acids is 1. The molecule has 0 saturated carbocycles. The van der Waals surface area contributed by atoms with Crippen LogP contribution in [0.5, 0.6) is 11.6 Å². The summed E-state index contributed by atoms with van der Waals surface area (Å²) in [5.74, 6) is -4.09. The van der Waals surface area contributed by atoms with Crippen molar-refractivity contribution in [3.8, 4) is 17.7 Å². The zero-order valence-corrected chi connectivity index (χ0v) is 10.9. The van der Waals surface area contributed by atoms with Crippen LogP contribution in [-0.4, -0.2) is 21.3 Å². The van der Waals surface area contributed by atoms with Gasteiger partial charge in [0.05, 0.1) is 11.6 Å². The molecule has 1 aromatic heterocycles. The van der Waals surface area contributed by atoms with Crippen LogP contribution in [0.25, 0.3) is 0 Å². The first kappa shape index (κ1) is 16.2. The molecule has 6 nitrogen and oxygen atoms in total. The number of aromatic carboxylic acids is 1. The first-order valence-corrected chi connectivity index (χ1v) is 5.78. The molecular weight excluding hydrogens is 322 g/mol. The maximum atomic E-state index is 13.7. The molecular formula is C13H5F4N3O3. The van der Waals surface area contributed by atoms with Crippen molar-refractivity contribution >= 4 is 5.97 Å². The van der Waals surface area contributed by atoms with Crippen molar-refractivity contribution in [2.75, 3.05) is 0 Å². The van der Waals surface area contributed by atoms with E-state index in [4.69, 9.17) is 15.1 Å². The lowest BCUT2D eigenvalue weighted by Gasteiger charge is -2.10. The van der Waals surface area contributed by atoms with Gasteiger partial charge >= 0.3 is 12.1 Å². The lowest BCUT2D eigenvalue weighted by Crippen LogP contribution is -2.13. The van der Waals surface area contributed by atoms with E-state index >= 15 is 0 Å². The molecule has 0 bridgehead atoms. The maximum Gasteiger partial charge on any atom is 0.435 e. The molecule has 118 valence electrons. The minimum Gasteiger partial charge on any atom is -0.477 e. The number of carboxylic acid groups (broad SMARTS) is 1. The average Bonchev–Trinajstić information content (AvgIpc) is 2.48. The summed E-state index contributed by atoms with van der Waals surface area (Å²) in [6, 6.07) is 4.90. The molecule has 0 unspecified atom stereocenters. The van der Waals surface area contributed by atoms with Gasteiger partial charge in [-0.25, -0.2) is 9.18 Å². The zero-order valence-electron chi connectivity index (χ0n) is 10.9. The van der Waals surface area contributed by atoms with Gasteiger partial charge in [0.25, 0.3) is 5.88 Å². The molecule has 0 aliphatic heterocycles. The molecule has 1 heterocycles. The van der Waals surface area contributed by atoms with Crippen LogP contribution < -0.4 is 4.74 Å². The summed E-state index contributed by atoms with van der Waals surface area (Å²) >= 11 is 0. The topological polar surface area (TPSA) is 96.1 Å². The predicted molar refractivity (Wildman–Crippen MR) is 65.2 cm³/mol. The standard InChI is InChI=1S/C13H5F4N3O3/c14-8-3-6(5-18)1-2-9(8)23-11-7(12(21)22)4-10(19-20-11)13(15,16)17/h1-4H,(H,21,22). The number of nitrogens with zero attached hydrogens (tertiary/aromatic N) is 3. The third-order valence-corrected chi connectivity index (χ3v) is 2.55. The molecule has 0 amide bonds. The van der Waals surface area contributed by atoms with Gasteiger partial charge in [0, 0.05) is 0 Å². The van der Waals surface area contributed by atoms with Crippen LogP contribution in [0.4, 0.5) is 17.6 Å². The number of carbonyl (C=O) groups is 1. The smallest absolute Gasteiger partial charge is 0.435 e. The molecule has 0 radical (unpaired) electrons. The number of rotatable bonds is 3. The van der Waals surface area contributed by atoms with Gasteiger partial charge in [-0.1, -0.05) is 0 Å². The first-order chi connectivity index (χ1) is 10.7. The van der Waals surface area contributed by atoms with Gasteiger partial charge in [-0.15, -0.1) is 10.2 Å². The first-order valence-electron chi connectivity index (χ1n) is 5.78. The van der Waals surface area contributed by atoms with Gasteiger partial charge in [-0.3, -0.25) is 0 Å². The number of hydrogen-bond acceptors (Lipinski definition) is 5. The van der Waals surface area contributed by atoms with E-state index in [0.717, 1.165) is 12.1 Å². The molecule has 0 atom stereocenters. The summed E-state index contributed by atoms with van der Waals surface area (Å²) in [5, 5.41) is 23.4. The highest BCUT2D eigenvalue weighted by Gasteiger charge is 2.35. The van der Waals surface area contributed by atoms with Gasteiger partial charge in [0.15, 0.2) is 17.3 Å². The normalized spacial score (nSPS) is 10.9. The van der Waals surface area contributed by atoms with Crippen LogP contribution in [0.2, 0.25) is 0 Å². The molecule has 2 aromatic rings. The van der Waals surface area contributed by atoms with Gasteiger partial charge in [-0.2, -0.15) is 18.4 Å². The summed E-state index contributed by atoms with van der Waals surface area (Å²) < 4.78 is 56.1. The lowest BCUT2D eigenvalue weighted by molar-refractivity contribution is -0.141. The Morgan fingerprint density at radius 1 is 1.26 bits per heavy atom. The Morgan fingerprint density at radius 3 is 2.48 bits per heavy atom. The molecule has 1 aromatic carbocycles. The van der Waals surface area contributed by atoms with Crippen molar-refractivity contribution in [2.24, 2.45) is 0 Å². The highest BCUT2D eigenvalue weighted by Crippen LogP contribution is 2.31. The average molecular weight is 327 g/mol. The summed E-state index contributed by atoms with van der Waals surface area (Å²) in [6.45, 7) is 0. The summed E-state index contributed by atoms with van der Waals surface area (Å²) in [7, 11) is 0. The Kier molecular flexibility index (Phi) is 4.13. The van der Waals surface area contributed by atoms with Gasteiger partial charge in [0.1, 0.15) is 5.56 Å². The number of benzene rings is 1. The van der Waals surface area contributed by atoms with Crippen LogP contribution in [0, 0.1) is 17.1 Å². The van der Waals surface area contributed by atoms with Crippen molar-refractivity contribution in [1.29, 1.82) is 5.26 Å². The van der Waals surface area contributed by atoms with Crippen molar-refractivity contribution in [1.82, 2.24) is 10.2 Å². The van der Waals surface area contributed by atoms with Crippen LogP contribution in [0.3, 0.4) is 0 Å². The van der Waals surface area contributed by atoms with Crippen molar-refractivity contribution < 1.29 is 32.2 Å². The van der Waals surface area contributed by atoms with E-state index < -0.39 is 40.8 Å². The zero-order chi connectivity index (χ0) is 17.2. The second-order valence-corrected chi connectivity index (χ2v) is 4.11. The number of halogens is 4. The Bertz CT molecular complexity index is 815. The molecule has 10 heteroatoms. The molecule has 0 saturated heterocycles. The molecule has 0 aliphatic carbocycles. The van der Waals surface area contributed by atoms with Crippen molar-refractivity contribution in [2.45, 2.75) is 6.18 Å². The number of nitriles is 1. The Hall–Kier alpha value is -3.22. The molecule has 2 rings (SSSR count). The Morgan fingerprint density at radius 2 is 1.96 bits per heavy atom. The summed E-state index contributed by atoms with van der Waals surface area (Å²) in [5.41, 5.74) is -2.48. The highest BCUT2D eigenvalue weighted by atomic mass is 19.4. The van der Waals surface area contributed by atoms with E-state index in [0.29, 0.717) is 0 Å². The highest BCUT2D eigenvalue weighted by molar-refractivity contribution is 5.90. The minimum atomic E-state index is -4.89. The Balaban J connectivity index is 2.44. The molecule has 1 N–H and O–H groups in total. The fraction of sp³-hybridized carbons (Fsp3) is 0.0769. The molecule has 0 aliphatic rings. The van der Waals surface area contributed by atoms with Crippen LogP contribution in [-0.2, 0) is 6.18 Å². The quantitative estimate of drug-likeness (QED) is 0.871. The second-order valence-electron chi connectivity index (χ2n) is 4.11. The lowest BCUT2D eigenvalue weighted by atomic mass is 10.2. The van der Waals surface area contributed by atoms with E-state index in [-0.39, 0.29) is 11.6 Å². The third-order valence-electron chi connectivity index (χ3n) is 2.55. The Labute approximate surface area is 125 Å². The van der Waals surface area contributed by atoms with E-state index in [1.54, 1.807) is 6.07 Å². The summed E-state index contributed by atoms with van der Waals surface area (Å²) in [4.78, 5) is 11.0. The van der Waals surface area contributed by atoms with E-state index in [2.05, 4.69) is 10.2 Å². The van der Waals surface area contributed by atoms with E-state index in [1.807, 2.05) is 0 Å². The second kappa shape index (κ2) is 5.88. The number of aromatic nitrogens is 2. The number of alkyl halides is 3. The molecule has 23 heavy (non-hydrogen) atoms. The fourth-order valence-corrected chi connectivity index (χ4v) is 1.50. The third kappa shape index (κ3) is 3.52. The van der Waals surface area contributed by atoms with E-state index in [1.165, 1.54) is 6.07 Å². The SMILES string of the molecule is N#Cc1ccc(Oc2nnc(C(F)(F)F)cc2C(=O)O)c(F)c1.